The van der Waals surface area contributed by atoms with Crippen molar-refractivity contribution in [1.82, 2.24) is 0 Å². The van der Waals surface area contributed by atoms with Crippen LogP contribution in [0.25, 0.3) is 0 Å². The normalized spacial score (nSPS) is 9.80. The Kier molecular flexibility index (Phi) is 5.94. The first kappa shape index (κ1) is 17.8. The van der Waals surface area contributed by atoms with Gasteiger partial charge in [-0.1, -0.05) is 12.1 Å². The highest BCUT2D eigenvalue weighted by atomic mass is 16.5. The first-order valence-electron chi connectivity index (χ1n) is 7.26. The summed E-state index contributed by atoms with van der Waals surface area (Å²) in [6.45, 7) is -0.446. The molecule has 3 amide bonds. The Labute approximate surface area is 143 Å². The number of carbonyl (C=O) groups excluding carboxylic acids is 3. The standard InChI is InChI=1S/C17H17N3O5/c1-24-14-5-3-2-4-13(14)20-15(21)10-25-16(22)11-6-8-12(9-7-11)19-17(18)23/h2-9H,10H2,1H3,(H,20,21)(H3,18,19,23). The lowest BCUT2D eigenvalue weighted by atomic mass is 10.2. The third kappa shape index (κ3) is 5.24. The zero-order valence-corrected chi connectivity index (χ0v) is 13.4. The van der Waals surface area contributed by atoms with E-state index in [0.29, 0.717) is 17.1 Å². The molecule has 0 saturated carbocycles. The van der Waals surface area contributed by atoms with Gasteiger partial charge < -0.3 is 25.8 Å². The summed E-state index contributed by atoms with van der Waals surface area (Å²) >= 11 is 0. The van der Waals surface area contributed by atoms with Gasteiger partial charge in [-0.15, -0.1) is 0 Å². The molecule has 0 fully saturated rings. The Morgan fingerprint density at radius 1 is 1.00 bits per heavy atom. The maximum absolute atomic E-state index is 11.9. The number of esters is 1. The number of hydrogen-bond donors (Lipinski definition) is 3. The fraction of sp³-hybridized carbons (Fsp3) is 0.118. The number of urea groups is 1. The maximum atomic E-state index is 11.9. The third-order valence-corrected chi connectivity index (χ3v) is 3.10. The molecule has 0 bridgehead atoms. The molecule has 0 aliphatic carbocycles. The van der Waals surface area contributed by atoms with Crippen molar-refractivity contribution >= 4 is 29.3 Å². The molecule has 2 rings (SSSR count). The monoisotopic (exact) mass is 343 g/mol. The van der Waals surface area contributed by atoms with Crippen LogP contribution < -0.4 is 21.1 Å². The summed E-state index contributed by atoms with van der Waals surface area (Å²) < 4.78 is 10.1. The molecule has 0 heterocycles. The molecule has 25 heavy (non-hydrogen) atoms. The Morgan fingerprint density at radius 3 is 2.32 bits per heavy atom. The molecule has 2 aromatic rings. The summed E-state index contributed by atoms with van der Waals surface area (Å²) in [5.74, 6) is -0.662. The summed E-state index contributed by atoms with van der Waals surface area (Å²) in [4.78, 5) is 34.5. The van der Waals surface area contributed by atoms with Gasteiger partial charge >= 0.3 is 12.0 Å². The minimum atomic E-state index is -0.705. The van der Waals surface area contributed by atoms with E-state index in [1.165, 1.54) is 31.4 Å². The molecular weight excluding hydrogens is 326 g/mol. The molecule has 8 nitrogen and oxygen atoms in total. The molecule has 0 aliphatic rings. The van der Waals surface area contributed by atoms with Crippen molar-refractivity contribution in [2.24, 2.45) is 5.73 Å². The number of rotatable bonds is 6. The van der Waals surface area contributed by atoms with Crippen LogP contribution >= 0.6 is 0 Å². The van der Waals surface area contributed by atoms with Gasteiger partial charge in [0.1, 0.15) is 5.75 Å². The Bertz CT molecular complexity index is 774. The van der Waals surface area contributed by atoms with Crippen LogP contribution in [0.4, 0.5) is 16.2 Å². The molecule has 0 unspecified atom stereocenters. The zero-order valence-electron chi connectivity index (χ0n) is 13.4. The van der Waals surface area contributed by atoms with Gasteiger partial charge in [-0.2, -0.15) is 0 Å². The number of nitrogens with one attached hydrogen (secondary N) is 2. The van der Waals surface area contributed by atoms with Crippen LogP contribution in [0.15, 0.2) is 48.5 Å². The zero-order chi connectivity index (χ0) is 18.2. The van der Waals surface area contributed by atoms with Gasteiger partial charge in [0.25, 0.3) is 5.91 Å². The number of anilines is 2. The van der Waals surface area contributed by atoms with Crippen molar-refractivity contribution in [3.63, 3.8) is 0 Å². The van der Waals surface area contributed by atoms with Crippen molar-refractivity contribution in [3.05, 3.63) is 54.1 Å². The topological polar surface area (TPSA) is 120 Å². The summed E-state index contributed by atoms with van der Waals surface area (Å²) in [7, 11) is 1.49. The maximum Gasteiger partial charge on any atom is 0.338 e. The third-order valence-electron chi connectivity index (χ3n) is 3.10. The Balaban J connectivity index is 1.88. The van der Waals surface area contributed by atoms with Crippen LogP contribution in [-0.2, 0) is 9.53 Å². The number of methoxy groups -OCH3 is 1. The molecule has 0 spiro atoms. The SMILES string of the molecule is COc1ccccc1NC(=O)COC(=O)c1ccc(NC(N)=O)cc1. The molecule has 0 aromatic heterocycles. The minimum Gasteiger partial charge on any atom is -0.495 e. The first-order chi connectivity index (χ1) is 12.0. The predicted octanol–water partition coefficient (Wildman–Crippen LogP) is 1.98. The summed E-state index contributed by atoms with van der Waals surface area (Å²) in [5.41, 5.74) is 6.15. The van der Waals surface area contributed by atoms with Crippen LogP contribution in [0.2, 0.25) is 0 Å². The highest BCUT2D eigenvalue weighted by Gasteiger charge is 2.12. The summed E-state index contributed by atoms with van der Waals surface area (Å²) in [6.07, 6.45) is 0. The predicted molar refractivity (Wildman–Crippen MR) is 91.6 cm³/mol. The lowest BCUT2D eigenvalue weighted by Crippen LogP contribution is -2.21. The molecule has 0 saturated heterocycles. The lowest BCUT2D eigenvalue weighted by molar-refractivity contribution is -0.119. The number of para-hydroxylation sites is 2. The number of amides is 3. The lowest BCUT2D eigenvalue weighted by Gasteiger charge is -2.10. The van der Waals surface area contributed by atoms with Gasteiger partial charge in [-0.05, 0) is 36.4 Å². The number of benzene rings is 2. The number of nitrogens with two attached hydrogens (primary N) is 1. The summed E-state index contributed by atoms with van der Waals surface area (Å²) in [6, 6.07) is 12.1. The van der Waals surface area contributed by atoms with E-state index >= 15 is 0 Å². The average molecular weight is 343 g/mol. The van der Waals surface area contributed by atoms with E-state index in [2.05, 4.69) is 10.6 Å². The van der Waals surface area contributed by atoms with Gasteiger partial charge in [0, 0.05) is 5.69 Å². The Morgan fingerprint density at radius 2 is 1.68 bits per heavy atom. The van der Waals surface area contributed by atoms with E-state index in [9.17, 15) is 14.4 Å². The average Bonchev–Trinajstić information content (AvgIpc) is 2.60. The smallest absolute Gasteiger partial charge is 0.338 e. The molecule has 0 atom stereocenters. The number of carbonyl (C=O) groups is 3. The van der Waals surface area contributed by atoms with E-state index < -0.39 is 24.5 Å². The highest BCUT2D eigenvalue weighted by Crippen LogP contribution is 2.22. The number of hydrogen-bond acceptors (Lipinski definition) is 5. The number of ether oxygens (including phenoxy) is 2. The number of primary amides is 1. The Hall–Kier alpha value is -3.55. The second kappa shape index (κ2) is 8.34. The van der Waals surface area contributed by atoms with Crippen molar-refractivity contribution < 1.29 is 23.9 Å². The largest absolute Gasteiger partial charge is 0.495 e. The molecule has 4 N–H and O–H groups in total. The van der Waals surface area contributed by atoms with Crippen LogP contribution in [-0.4, -0.2) is 31.6 Å². The van der Waals surface area contributed by atoms with Gasteiger partial charge in [-0.3, -0.25) is 4.79 Å². The molecule has 2 aromatic carbocycles. The van der Waals surface area contributed by atoms with E-state index in [-0.39, 0.29) is 5.56 Å². The van der Waals surface area contributed by atoms with Crippen molar-refractivity contribution in [2.75, 3.05) is 24.4 Å². The second-order valence-electron chi connectivity index (χ2n) is 4.89. The second-order valence-corrected chi connectivity index (χ2v) is 4.89. The van der Waals surface area contributed by atoms with Crippen LogP contribution in [0.3, 0.4) is 0 Å². The first-order valence-corrected chi connectivity index (χ1v) is 7.26. The van der Waals surface area contributed by atoms with Crippen molar-refractivity contribution in [1.29, 1.82) is 0 Å². The van der Waals surface area contributed by atoms with Crippen molar-refractivity contribution in [2.45, 2.75) is 0 Å². The molecular formula is C17H17N3O5. The highest BCUT2D eigenvalue weighted by molar-refractivity contribution is 5.96. The summed E-state index contributed by atoms with van der Waals surface area (Å²) in [5, 5.41) is 4.97. The van der Waals surface area contributed by atoms with Gasteiger partial charge in [0.2, 0.25) is 0 Å². The van der Waals surface area contributed by atoms with Crippen LogP contribution in [0.5, 0.6) is 5.75 Å². The van der Waals surface area contributed by atoms with Crippen LogP contribution in [0, 0.1) is 0 Å². The van der Waals surface area contributed by atoms with Crippen molar-refractivity contribution in [3.8, 4) is 5.75 Å². The van der Waals surface area contributed by atoms with Gasteiger partial charge in [0.15, 0.2) is 6.61 Å². The van der Waals surface area contributed by atoms with Gasteiger partial charge in [0.05, 0.1) is 18.4 Å². The van der Waals surface area contributed by atoms with E-state index in [0.717, 1.165) is 0 Å². The van der Waals surface area contributed by atoms with Crippen LogP contribution in [0.1, 0.15) is 10.4 Å². The van der Waals surface area contributed by atoms with E-state index in [4.69, 9.17) is 15.2 Å². The minimum absolute atomic E-state index is 0.236. The molecule has 130 valence electrons. The fourth-order valence-electron chi connectivity index (χ4n) is 1.98. The molecule has 0 aliphatic heterocycles. The fourth-order valence-corrected chi connectivity index (χ4v) is 1.98. The van der Waals surface area contributed by atoms with Gasteiger partial charge in [-0.25, -0.2) is 9.59 Å². The van der Waals surface area contributed by atoms with E-state index in [1.807, 2.05) is 0 Å². The van der Waals surface area contributed by atoms with E-state index in [1.54, 1.807) is 24.3 Å². The molecule has 8 heteroatoms. The molecule has 0 radical (unpaired) electrons. The quantitative estimate of drug-likeness (QED) is 0.693.